The lowest BCUT2D eigenvalue weighted by molar-refractivity contribution is -0.0199. The molecule has 2 aromatic rings. The van der Waals surface area contributed by atoms with Crippen molar-refractivity contribution in [2.45, 2.75) is 45.3 Å². The molecule has 0 bridgehead atoms. The van der Waals surface area contributed by atoms with Gasteiger partial charge >= 0.3 is 0 Å². The predicted octanol–water partition coefficient (Wildman–Crippen LogP) is 3.78. The van der Waals surface area contributed by atoms with Crippen LogP contribution in [0.4, 0.5) is 0 Å². The zero-order valence-corrected chi connectivity index (χ0v) is 17.0. The molecule has 2 aromatic carbocycles. The maximum absolute atomic E-state index is 12.8. The zero-order valence-electron chi connectivity index (χ0n) is 17.0. The van der Waals surface area contributed by atoms with Crippen molar-refractivity contribution in [3.05, 3.63) is 59.2 Å². The SMILES string of the molecule is COc1ccc(C(=O)N2CC[C@@H](Oc3cccc(C(C)C)c3)[C@H](O)C2)cc1C. The van der Waals surface area contributed by atoms with Crippen molar-refractivity contribution in [3.8, 4) is 11.5 Å². The topological polar surface area (TPSA) is 59.0 Å². The molecule has 0 aliphatic carbocycles. The number of nitrogens with zero attached hydrogens (tertiary/aromatic N) is 1. The van der Waals surface area contributed by atoms with Crippen LogP contribution < -0.4 is 9.47 Å². The summed E-state index contributed by atoms with van der Waals surface area (Å²) in [6.45, 7) is 7.00. The van der Waals surface area contributed by atoms with Gasteiger partial charge in [-0.05, 0) is 54.3 Å². The van der Waals surface area contributed by atoms with E-state index in [1.807, 2.05) is 31.2 Å². The van der Waals surface area contributed by atoms with Crippen LogP contribution in [0, 0.1) is 6.92 Å². The van der Waals surface area contributed by atoms with Crippen molar-refractivity contribution >= 4 is 5.91 Å². The van der Waals surface area contributed by atoms with Crippen LogP contribution in [0.15, 0.2) is 42.5 Å². The van der Waals surface area contributed by atoms with Crippen LogP contribution in [-0.2, 0) is 0 Å². The molecule has 1 aliphatic heterocycles. The van der Waals surface area contributed by atoms with Gasteiger partial charge in [0.15, 0.2) is 0 Å². The Balaban J connectivity index is 1.64. The Morgan fingerprint density at radius 2 is 2.00 bits per heavy atom. The second kappa shape index (κ2) is 8.65. The van der Waals surface area contributed by atoms with Gasteiger partial charge in [0.1, 0.15) is 23.7 Å². The Hall–Kier alpha value is -2.53. The fraction of sp³-hybridized carbons (Fsp3) is 0.435. The molecule has 0 unspecified atom stereocenters. The first kappa shape index (κ1) is 20.2. The lowest BCUT2D eigenvalue weighted by Gasteiger charge is -2.36. The molecule has 1 saturated heterocycles. The van der Waals surface area contributed by atoms with Crippen LogP contribution >= 0.6 is 0 Å². The summed E-state index contributed by atoms with van der Waals surface area (Å²) in [6, 6.07) is 13.4. The number of amides is 1. The van der Waals surface area contributed by atoms with Crippen LogP contribution in [0.5, 0.6) is 11.5 Å². The van der Waals surface area contributed by atoms with E-state index in [4.69, 9.17) is 9.47 Å². The third-order valence-electron chi connectivity index (χ3n) is 5.26. The van der Waals surface area contributed by atoms with E-state index in [0.717, 1.165) is 17.1 Å². The summed E-state index contributed by atoms with van der Waals surface area (Å²) < 4.78 is 11.3. The molecule has 28 heavy (non-hydrogen) atoms. The first-order valence-electron chi connectivity index (χ1n) is 9.77. The van der Waals surface area contributed by atoms with Gasteiger partial charge in [0.25, 0.3) is 5.91 Å². The summed E-state index contributed by atoms with van der Waals surface area (Å²) in [5, 5.41) is 10.6. The highest BCUT2D eigenvalue weighted by Crippen LogP contribution is 2.25. The predicted molar refractivity (Wildman–Crippen MR) is 109 cm³/mol. The van der Waals surface area contributed by atoms with E-state index in [2.05, 4.69) is 19.9 Å². The molecule has 1 amide bonds. The highest BCUT2D eigenvalue weighted by Gasteiger charge is 2.32. The van der Waals surface area contributed by atoms with Crippen LogP contribution in [0.1, 0.15) is 47.7 Å². The summed E-state index contributed by atoms with van der Waals surface area (Å²) in [4.78, 5) is 14.5. The van der Waals surface area contributed by atoms with Gasteiger partial charge in [-0.3, -0.25) is 4.79 Å². The van der Waals surface area contributed by atoms with Gasteiger partial charge in [-0.15, -0.1) is 0 Å². The Labute approximate surface area is 166 Å². The van der Waals surface area contributed by atoms with Crippen molar-refractivity contribution in [2.24, 2.45) is 0 Å². The third-order valence-corrected chi connectivity index (χ3v) is 5.26. The van der Waals surface area contributed by atoms with E-state index in [9.17, 15) is 9.90 Å². The molecule has 0 saturated carbocycles. The van der Waals surface area contributed by atoms with E-state index in [0.29, 0.717) is 24.4 Å². The molecule has 1 N–H and O–H groups in total. The van der Waals surface area contributed by atoms with Gasteiger partial charge in [-0.2, -0.15) is 0 Å². The van der Waals surface area contributed by atoms with Crippen molar-refractivity contribution < 1.29 is 19.4 Å². The Morgan fingerprint density at radius 1 is 1.21 bits per heavy atom. The molecular formula is C23H29NO4. The molecule has 2 atom stereocenters. The fourth-order valence-corrected chi connectivity index (χ4v) is 3.55. The lowest BCUT2D eigenvalue weighted by atomic mass is 10.0. The van der Waals surface area contributed by atoms with Crippen molar-refractivity contribution in [1.82, 2.24) is 4.90 Å². The maximum Gasteiger partial charge on any atom is 0.253 e. The molecular weight excluding hydrogens is 354 g/mol. The number of piperidine rings is 1. The summed E-state index contributed by atoms with van der Waals surface area (Å²) >= 11 is 0. The summed E-state index contributed by atoms with van der Waals surface area (Å²) in [6.07, 6.45) is -0.447. The molecule has 0 aromatic heterocycles. The first-order chi connectivity index (χ1) is 13.4. The van der Waals surface area contributed by atoms with Gasteiger partial charge < -0.3 is 19.5 Å². The van der Waals surface area contributed by atoms with E-state index >= 15 is 0 Å². The zero-order chi connectivity index (χ0) is 20.3. The summed E-state index contributed by atoms with van der Waals surface area (Å²) in [5.41, 5.74) is 2.72. The van der Waals surface area contributed by atoms with Crippen molar-refractivity contribution in [3.63, 3.8) is 0 Å². The molecule has 0 spiro atoms. The van der Waals surface area contributed by atoms with Gasteiger partial charge in [0.2, 0.25) is 0 Å². The second-order valence-corrected chi connectivity index (χ2v) is 7.68. The van der Waals surface area contributed by atoms with Gasteiger partial charge in [0.05, 0.1) is 13.7 Å². The minimum Gasteiger partial charge on any atom is -0.496 e. The Morgan fingerprint density at radius 3 is 2.64 bits per heavy atom. The van der Waals surface area contributed by atoms with Gasteiger partial charge in [-0.25, -0.2) is 0 Å². The summed E-state index contributed by atoms with van der Waals surface area (Å²) in [7, 11) is 1.61. The smallest absolute Gasteiger partial charge is 0.253 e. The quantitative estimate of drug-likeness (QED) is 0.854. The molecule has 5 nitrogen and oxygen atoms in total. The number of aryl methyl sites for hydroxylation is 1. The minimum atomic E-state index is -0.722. The Kier molecular flexibility index (Phi) is 6.25. The number of β-amino-alcohol motifs (C(OH)–C–C–N with tert-alkyl or cyclic N) is 1. The first-order valence-corrected chi connectivity index (χ1v) is 9.77. The van der Waals surface area contributed by atoms with Crippen LogP contribution in [-0.4, -0.2) is 48.3 Å². The van der Waals surface area contributed by atoms with E-state index in [1.165, 1.54) is 5.56 Å². The average Bonchev–Trinajstić information content (AvgIpc) is 2.69. The van der Waals surface area contributed by atoms with Crippen molar-refractivity contribution in [1.29, 1.82) is 0 Å². The highest BCUT2D eigenvalue weighted by atomic mass is 16.5. The highest BCUT2D eigenvalue weighted by molar-refractivity contribution is 5.94. The molecule has 1 aliphatic rings. The molecule has 5 heteroatoms. The van der Waals surface area contributed by atoms with Crippen molar-refractivity contribution in [2.75, 3.05) is 20.2 Å². The Bertz CT molecular complexity index is 833. The number of aliphatic hydroxyl groups is 1. The maximum atomic E-state index is 12.8. The van der Waals surface area contributed by atoms with E-state index in [1.54, 1.807) is 24.1 Å². The summed E-state index contributed by atoms with van der Waals surface area (Å²) in [5.74, 6) is 1.86. The third kappa shape index (κ3) is 4.47. The number of hydrogen-bond acceptors (Lipinski definition) is 4. The number of methoxy groups -OCH3 is 1. The standard InChI is InChI=1S/C23H29NO4/c1-15(2)17-6-5-7-19(13-17)28-22-10-11-24(14-20(22)25)23(26)18-8-9-21(27-4)16(3)12-18/h5-9,12-13,15,20,22,25H,10-11,14H2,1-4H3/t20-,22-/m1/s1. The van der Waals surface area contributed by atoms with E-state index in [-0.39, 0.29) is 18.6 Å². The number of ether oxygens (including phenoxy) is 2. The van der Waals surface area contributed by atoms with Crippen LogP contribution in [0.2, 0.25) is 0 Å². The number of carbonyl (C=O) groups excluding carboxylic acids is 1. The minimum absolute atomic E-state index is 0.0786. The largest absolute Gasteiger partial charge is 0.496 e. The number of hydrogen-bond donors (Lipinski definition) is 1. The molecule has 1 fully saturated rings. The average molecular weight is 383 g/mol. The molecule has 3 rings (SSSR count). The van der Waals surface area contributed by atoms with Crippen LogP contribution in [0.3, 0.4) is 0 Å². The number of aliphatic hydroxyl groups excluding tert-OH is 1. The number of benzene rings is 2. The van der Waals surface area contributed by atoms with E-state index < -0.39 is 6.10 Å². The monoisotopic (exact) mass is 383 g/mol. The van der Waals surface area contributed by atoms with Gasteiger partial charge in [0, 0.05) is 18.5 Å². The molecule has 150 valence electrons. The normalized spacial score (nSPS) is 19.6. The van der Waals surface area contributed by atoms with Gasteiger partial charge in [-0.1, -0.05) is 26.0 Å². The molecule has 1 heterocycles. The lowest BCUT2D eigenvalue weighted by Crippen LogP contribution is -2.51. The fourth-order valence-electron chi connectivity index (χ4n) is 3.55. The number of rotatable bonds is 5. The van der Waals surface area contributed by atoms with Crippen LogP contribution in [0.25, 0.3) is 0 Å². The number of carbonyl (C=O) groups is 1. The number of likely N-dealkylation sites (tertiary alicyclic amines) is 1. The molecule has 0 radical (unpaired) electrons. The second-order valence-electron chi connectivity index (χ2n) is 7.68.